The molecule has 0 aliphatic rings. The van der Waals surface area contributed by atoms with E-state index in [1.807, 2.05) is 18.2 Å². The lowest BCUT2D eigenvalue weighted by atomic mass is 10.1. The van der Waals surface area contributed by atoms with Crippen molar-refractivity contribution in [3.8, 4) is 0 Å². The molecule has 0 amide bonds. The molecule has 0 spiro atoms. The summed E-state index contributed by atoms with van der Waals surface area (Å²) in [5.41, 5.74) is 1.19. The summed E-state index contributed by atoms with van der Waals surface area (Å²) < 4.78 is 1.58. The summed E-state index contributed by atoms with van der Waals surface area (Å²) in [5, 5.41) is 10.8. The summed E-state index contributed by atoms with van der Waals surface area (Å²) in [5.74, 6) is 0. The maximum absolute atomic E-state index is 10.3. The fourth-order valence-corrected chi connectivity index (χ4v) is 2.91. The van der Waals surface area contributed by atoms with Crippen LogP contribution in [0.3, 0.4) is 0 Å². The molecule has 1 N–H and O–H groups in total. The molecule has 1 aromatic carbocycles. The molecule has 1 aromatic heterocycles. The predicted molar refractivity (Wildman–Crippen MR) is 75.2 cm³/mol. The zero-order valence-corrected chi connectivity index (χ0v) is 12.5. The number of benzene rings is 1. The molecule has 0 saturated heterocycles. The van der Waals surface area contributed by atoms with Gasteiger partial charge in [-0.2, -0.15) is 0 Å². The number of hydrogen-bond donors (Lipinski definition) is 1. The first-order valence-electron chi connectivity index (χ1n) is 4.83. The predicted octanol–water partition coefficient (Wildman–Crippen LogP) is 4.34. The Morgan fingerprint density at radius 1 is 1.24 bits per heavy atom. The number of hydrogen-bond acceptors (Lipinski definition) is 2. The molecule has 0 saturated carbocycles. The standard InChI is InChI=1S/C12H8Br2ClNO/c13-7-5-9(14)11(16-6-7)12(17)8-3-1-2-4-10(8)15/h1-6,12,17H. The van der Waals surface area contributed by atoms with Crippen molar-refractivity contribution < 1.29 is 5.11 Å². The Balaban J connectivity index is 2.44. The van der Waals surface area contributed by atoms with E-state index < -0.39 is 6.10 Å². The largest absolute Gasteiger partial charge is 0.382 e. The third-order valence-corrected chi connectivity index (χ3v) is 3.71. The van der Waals surface area contributed by atoms with Crippen molar-refractivity contribution in [1.82, 2.24) is 4.98 Å². The van der Waals surface area contributed by atoms with Gasteiger partial charge < -0.3 is 5.11 Å². The van der Waals surface area contributed by atoms with Crippen LogP contribution in [0, 0.1) is 0 Å². The first-order valence-corrected chi connectivity index (χ1v) is 6.79. The van der Waals surface area contributed by atoms with Crippen LogP contribution >= 0.6 is 43.5 Å². The second-order valence-corrected chi connectivity index (χ2v) is 5.62. The average Bonchev–Trinajstić information content (AvgIpc) is 2.29. The lowest BCUT2D eigenvalue weighted by Gasteiger charge is -2.13. The van der Waals surface area contributed by atoms with Crippen molar-refractivity contribution in [1.29, 1.82) is 0 Å². The van der Waals surface area contributed by atoms with Gasteiger partial charge in [0.2, 0.25) is 0 Å². The van der Waals surface area contributed by atoms with Crippen LogP contribution in [0.1, 0.15) is 17.4 Å². The Labute approximate surface area is 121 Å². The van der Waals surface area contributed by atoms with E-state index in [0.717, 1.165) is 8.95 Å². The molecule has 0 radical (unpaired) electrons. The number of pyridine rings is 1. The Morgan fingerprint density at radius 2 is 1.94 bits per heavy atom. The molecule has 0 bridgehead atoms. The maximum atomic E-state index is 10.3. The Hall–Kier alpha value is -0.420. The average molecular weight is 377 g/mol. The van der Waals surface area contributed by atoms with Crippen molar-refractivity contribution >= 4 is 43.5 Å². The van der Waals surface area contributed by atoms with Crippen molar-refractivity contribution in [3.63, 3.8) is 0 Å². The summed E-state index contributed by atoms with van der Waals surface area (Å²) in [6.45, 7) is 0. The highest BCUT2D eigenvalue weighted by Gasteiger charge is 2.17. The molecule has 0 aliphatic heterocycles. The van der Waals surface area contributed by atoms with Crippen LogP contribution in [-0.4, -0.2) is 10.1 Å². The Kier molecular flexibility index (Phi) is 4.20. The topological polar surface area (TPSA) is 33.1 Å². The second kappa shape index (κ2) is 5.48. The van der Waals surface area contributed by atoms with Gasteiger partial charge in [0.25, 0.3) is 0 Å². The van der Waals surface area contributed by atoms with Crippen LogP contribution in [-0.2, 0) is 0 Å². The maximum Gasteiger partial charge on any atom is 0.124 e. The molecule has 2 nitrogen and oxygen atoms in total. The molecule has 2 aromatic rings. The SMILES string of the molecule is OC(c1ccccc1Cl)c1ncc(Br)cc1Br. The van der Waals surface area contributed by atoms with Gasteiger partial charge in [-0.25, -0.2) is 0 Å². The van der Waals surface area contributed by atoms with Gasteiger partial charge in [0.05, 0.1) is 5.69 Å². The van der Waals surface area contributed by atoms with E-state index in [0.29, 0.717) is 16.3 Å². The monoisotopic (exact) mass is 375 g/mol. The highest BCUT2D eigenvalue weighted by Crippen LogP contribution is 2.31. The normalized spacial score (nSPS) is 12.5. The molecule has 17 heavy (non-hydrogen) atoms. The molecular weight excluding hydrogens is 369 g/mol. The molecule has 5 heteroatoms. The van der Waals surface area contributed by atoms with Crippen LogP contribution in [0.4, 0.5) is 0 Å². The van der Waals surface area contributed by atoms with Gasteiger partial charge in [-0.15, -0.1) is 0 Å². The van der Waals surface area contributed by atoms with Crippen molar-refractivity contribution in [2.45, 2.75) is 6.10 Å². The zero-order chi connectivity index (χ0) is 12.4. The minimum Gasteiger partial charge on any atom is -0.382 e. The van der Waals surface area contributed by atoms with E-state index in [4.69, 9.17) is 11.6 Å². The minimum atomic E-state index is -0.842. The molecule has 88 valence electrons. The summed E-state index contributed by atoms with van der Waals surface area (Å²) in [6, 6.07) is 9.01. The van der Waals surface area contributed by atoms with Gasteiger partial charge in [-0.1, -0.05) is 29.8 Å². The van der Waals surface area contributed by atoms with Gasteiger partial charge in [0.1, 0.15) is 6.10 Å². The van der Waals surface area contributed by atoms with E-state index in [9.17, 15) is 5.11 Å². The first kappa shape index (κ1) is 13.0. The number of aromatic nitrogens is 1. The van der Waals surface area contributed by atoms with Crippen LogP contribution in [0.2, 0.25) is 5.02 Å². The van der Waals surface area contributed by atoms with Crippen LogP contribution in [0.25, 0.3) is 0 Å². The second-order valence-electron chi connectivity index (χ2n) is 3.44. The van der Waals surface area contributed by atoms with Gasteiger partial charge in [0.15, 0.2) is 0 Å². The fraction of sp³-hybridized carbons (Fsp3) is 0.0833. The first-order chi connectivity index (χ1) is 8.09. The molecule has 0 fully saturated rings. The van der Waals surface area contributed by atoms with Gasteiger partial charge in [0, 0.05) is 25.7 Å². The van der Waals surface area contributed by atoms with Gasteiger partial charge in [-0.3, -0.25) is 4.98 Å². The summed E-state index contributed by atoms with van der Waals surface area (Å²) >= 11 is 12.7. The van der Waals surface area contributed by atoms with Crippen LogP contribution < -0.4 is 0 Å². The fourth-order valence-electron chi connectivity index (χ4n) is 1.47. The number of aliphatic hydroxyl groups is 1. The number of nitrogens with zero attached hydrogens (tertiary/aromatic N) is 1. The van der Waals surface area contributed by atoms with Crippen LogP contribution in [0.15, 0.2) is 45.5 Å². The minimum absolute atomic E-state index is 0.525. The van der Waals surface area contributed by atoms with E-state index in [-0.39, 0.29) is 0 Å². The van der Waals surface area contributed by atoms with Crippen molar-refractivity contribution in [2.24, 2.45) is 0 Å². The van der Waals surface area contributed by atoms with E-state index >= 15 is 0 Å². The smallest absolute Gasteiger partial charge is 0.124 e. The number of halogens is 3. The molecule has 2 rings (SSSR count). The highest BCUT2D eigenvalue weighted by molar-refractivity contribution is 9.11. The molecule has 1 heterocycles. The number of rotatable bonds is 2. The Morgan fingerprint density at radius 3 is 2.59 bits per heavy atom. The van der Waals surface area contributed by atoms with Gasteiger partial charge >= 0.3 is 0 Å². The zero-order valence-electron chi connectivity index (χ0n) is 8.57. The van der Waals surface area contributed by atoms with E-state index in [1.165, 1.54) is 0 Å². The van der Waals surface area contributed by atoms with Crippen molar-refractivity contribution in [2.75, 3.05) is 0 Å². The quantitative estimate of drug-likeness (QED) is 0.844. The molecule has 1 atom stereocenters. The Bertz CT molecular complexity index is 548. The van der Waals surface area contributed by atoms with Crippen molar-refractivity contribution in [3.05, 3.63) is 61.8 Å². The highest BCUT2D eigenvalue weighted by atomic mass is 79.9. The third-order valence-electron chi connectivity index (χ3n) is 2.30. The summed E-state index contributed by atoms with van der Waals surface area (Å²) in [7, 11) is 0. The summed E-state index contributed by atoms with van der Waals surface area (Å²) in [6.07, 6.45) is 0.798. The summed E-state index contributed by atoms with van der Waals surface area (Å²) in [4.78, 5) is 4.19. The van der Waals surface area contributed by atoms with E-state index in [1.54, 1.807) is 18.3 Å². The van der Waals surface area contributed by atoms with Crippen LogP contribution in [0.5, 0.6) is 0 Å². The molecular formula is C12H8Br2ClNO. The van der Waals surface area contributed by atoms with Gasteiger partial charge in [-0.05, 0) is 44.0 Å². The lowest BCUT2D eigenvalue weighted by Crippen LogP contribution is -2.04. The van der Waals surface area contributed by atoms with E-state index in [2.05, 4.69) is 36.8 Å². The lowest BCUT2D eigenvalue weighted by molar-refractivity contribution is 0.214. The third kappa shape index (κ3) is 2.88. The molecule has 1 unspecified atom stereocenters. The molecule has 0 aliphatic carbocycles. The number of aliphatic hydroxyl groups excluding tert-OH is 1.